The largest absolute Gasteiger partial charge is 0.472 e. The average Bonchev–Trinajstić information content (AvgIpc) is 3.42. The van der Waals surface area contributed by atoms with E-state index in [0.29, 0.717) is 19.4 Å². The Morgan fingerprint density at radius 2 is 1.24 bits per heavy atom. The second kappa shape index (κ2) is 24.5. The first kappa shape index (κ1) is 35.8. The molecule has 226 valence electrons. The highest BCUT2D eigenvalue weighted by atomic mass is 31.2. The van der Waals surface area contributed by atoms with Crippen molar-refractivity contribution in [2.45, 2.75) is 155 Å². The van der Waals surface area contributed by atoms with Gasteiger partial charge in [-0.05, 0) is 38.3 Å². The highest BCUT2D eigenvalue weighted by molar-refractivity contribution is 7.47. The van der Waals surface area contributed by atoms with Gasteiger partial charge in [0.1, 0.15) is 5.78 Å². The molecule has 1 aliphatic rings. The number of nitrogens with zero attached hydrogens (tertiary/aromatic N) is 1. The molecule has 0 radical (unpaired) electrons. The van der Waals surface area contributed by atoms with Crippen molar-refractivity contribution in [3.63, 3.8) is 0 Å². The number of unbranched alkanes of at least 4 members (excludes halogenated alkanes) is 16. The van der Waals surface area contributed by atoms with E-state index in [2.05, 4.69) is 11.8 Å². The van der Waals surface area contributed by atoms with Crippen LogP contribution in [0.2, 0.25) is 0 Å². The summed E-state index contributed by atoms with van der Waals surface area (Å²) in [6.45, 7) is 7.17. The predicted molar refractivity (Wildman–Crippen MR) is 160 cm³/mol. The van der Waals surface area contributed by atoms with Crippen molar-refractivity contribution in [3.8, 4) is 0 Å². The van der Waals surface area contributed by atoms with Crippen molar-refractivity contribution >= 4 is 13.6 Å². The Labute approximate surface area is 235 Å². The summed E-state index contributed by atoms with van der Waals surface area (Å²) in [5.41, 5.74) is 0. The van der Waals surface area contributed by atoms with E-state index in [1.807, 2.05) is 6.92 Å². The number of hydrogen-bond acceptors (Lipinski definition) is 5. The molecular weight excluding hydrogens is 497 g/mol. The molecule has 2 atom stereocenters. The molecule has 0 spiro atoms. The number of hydrogen-bond donors (Lipinski definition) is 1. The quantitative estimate of drug-likeness (QED) is 0.0760. The van der Waals surface area contributed by atoms with Crippen molar-refractivity contribution in [1.29, 1.82) is 0 Å². The van der Waals surface area contributed by atoms with Gasteiger partial charge in [0.05, 0.1) is 13.2 Å². The molecule has 6 nitrogen and oxygen atoms in total. The van der Waals surface area contributed by atoms with Crippen LogP contribution in [-0.4, -0.2) is 48.4 Å². The molecule has 0 bridgehead atoms. The predicted octanol–water partition coefficient (Wildman–Crippen LogP) is 9.24. The van der Waals surface area contributed by atoms with Crippen LogP contribution in [0.3, 0.4) is 0 Å². The van der Waals surface area contributed by atoms with Gasteiger partial charge in [0.15, 0.2) is 0 Å². The summed E-state index contributed by atoms with van der Waals surface area (Å²) < 4.78 is 22.8. The Bertz CT molecular complexity index is 597. The smallest absolute Gasteiger partial charge is 0.302 e. The number of carbonyl (C=O) groups excluding carboxylic acids is 1. The molecular formula is C31H62NO5P. The van der Waals surface area contributed by atoms with Crippen LogP contribution in [0.4, 0.5) is 0 Å². The molecule has 1 fully saturated rings. The lowest BCUT2D eigenvalue weighted by Gasteiger charge is -2.20. The van der Waals surface area contributed by atoms with Crippen molar-refractivity contribution in [2.75, 3.05) is 32.8 Å². The lowest BCUT2D eigenvalue weighted by molar-refractivity contribution is -0.120. The van der Waals surface area contributed by atoms with Crippen LogP contribution in [0.1, 0.15) is 155 Å². The molecule has 1 aliphatic heterocycles. The third-order valence-electron chi connectivity index (χ3n) is 7.96. The van der Waals surface area contributed by atoms with E-state index in [9.17, 15) is 14.3 Å². The van der Waals surface area contributed by atoms with Gasteiger partial charge in [-0.25, -0.2) is 4.57 Å². The zero-order valence-electron chi connectivity index (χ0n) is 25.1. The van der Waals surface area contributed by atoms with Crippen molar-refractivity contribution in [1.82, 2.24) is 4.90 Å². The molecule has 1 saturated heterocycles. The summed E-state index contributed by atoms with van der Waals surface area (Å²) in [6.07, 6.45) is 26.9. The molecule has 1 N–H and O–H groups in total. The Morgan fingerprint density at radius 1 is 0.763 bits per heavy atom. The van der Waals surface area contributed by atoms with Crippen LogP contribution < -0.4 is 0 Å². The molecule has 0 aromatic carbocycles. The van der Waals surface area contributed by atoms with Gasteiger partial charge in [-0.2, -0.15) is 0 Å². The maximum atomic E-state index is 12.3. The van der Waals surface area contributed by atoms with Gasteiger partial charge in [0, 0.05) is 19.4 Å². The molecule has 7 heteroatoms. The second-order valence-corrected chi connectivity index (χ2v) is 13.0. The minimum absolute atomic E-state index is 0.0125. The Balaban J connectivity index is 2.03. The lowest BCUT2D eigenvalue weighted by atomic mass is 9.95. The second-order valence-electron chi connectivity index (χ2n) is 11.6. The fraction of sp³-hybridized carbons (Fsp3) is 0.968. The summed E-state index contributed by atoms with van der Waals surface area (Å²) in [6, 6.07) is 0. The summed E-state index contributed by atoms with van der Waals surface area (Å²) >= 11 is 0. The maximum absolute atomic E-state index is 12.3. The van der Waals surface area contributed by atoms with Crippen LogP contribution in [0.25, 0.3) is 0 Å². The zero-order chi connectivity index (χ0) is 27.7. The van der Waals surface area contributed by atoms with Gasteiger partial charge in [0.25, 0.3) is 0 Å². The summed E-state index contributed by atoms with van der Waals surface area (Å²) in [4.78, 5) is 24.3. The fourth-order valence-electron chi connectivity index (χ4n) is 5.40. The van der Waals surface area contributed by atoms with E-state index >= 15 is 0 Å². The minimum atomic E-state index is -4.07. The fourth-order valence-corrected chi connectivity index (χ4v) is 6.18. The molecule has 1 heterocycles. The molecule has 0 aliphatic carbocycles. The third kappa shape index (κ3) is 21.5. The molecule has 2 unspecified atom stereocenters. The Morgan fingerprint density at radius 3 is 1.71 bits per heavy atom. The van der Waals surface area contributed by atoms with Crippen LogP contribution in [0, 0.1) is 5.92 Å². The van der Waals surface area contributed by atoms with E-state index < -0.39 is 7.82 Å². The lowest BCUT2D eigenvalue weighted by Crippen LogP contribution is -2.24. The highest BCUT2D eigenvalue weighted by Gasteiger charge is 2.25. The molecule has 0 saturated carbocycles. The average molecular weight is 560 g/mol. The van der Waals surface area contributed by atoms with E-state index in [-0.39, 0.29) is 24.9 Å². The number of phosphoric ester groups is 1. The van der Waals surface area contributed by atoms with Crippen LogP contribution in [0.15, 0.2) is 0 Å². The van der Waals surface area contributed by atoms with Gasteiger partial charge in [-0.1, -0.05) is 123 Å². The number of phosphoric acid groups is 1. The molecule has 1 rings (SSSR count). The van der Waals surface area contributed by atoms with Gasteiger partial charge >= 0.3 is 7.82 Å². The number of carbonyl (C=O) groups is 1. The Hall–Kier alpha value is -0.260. The van der Waals surface area contributed by atoms with Gasteiger partial charge < -0.3 is 9.79 Å². The van der Waals surface area contributed by atoms with E-state index in [1.165, 1.54) is 109 Å². The molecule has 0 amide bonds. The number of likely N-dealkylation sites (tertiary alicyclic amines) is 1. The summed E-state index contributed by atoms with van der Waals surface area (Å²) in [5, 5.41) is 0. The van der Waals surface area contributed by atoms with Crippen LogP contribution in [-0.2, 0) is 18.4 Å². The van der Waals surface area contributed by atoms with Crippen molar-refractivity contribution in [2.24, 2.45) is 5.92 Å². The monoisotopic (exact) mass is 559 g/mol. The van der Waals surface area contributed by atoms with Gasteiger partial charge in [-0.15, -0.1) is 0 Å². The summed E-state index contributed by atoms with van der Waals surface area (Å²) in [7, 11) is -4.07. The summed E-state index contributed by atoms with van der Waals surface area (Å²) in [5.74, 6) is 0.176. The van der Waals surface area contributed by atoms with Crippen molar-refractivity contribution < 1.29 is 23.3 Å². The van der Waals surface area contributed by atoms with Crippen molar-refractivity contribution in [3.05, 3.63) is 0 Å². The number of ketones is 1. The zero-order valence-corrected chi connectivity index (χ0v) is 26.0. The van der Waals surface area contributed by atoms with Gasteiger partial charge in [-0.3, -0.25) is 13.8 Å². The minimum Gasteiger partial charge on any atom is -0.302 e. The maximum Gasteiger partial charge on any atom is 0.472 e. The third-order valence-corrected chi connectivity index (χ3v) is 8.94. The van der Waals surface area contributed by atoms with Gasteiger partial charge in [0.2, 0.25) is 0 Å². The van der Waals surface area contributed by atoms with Crippen LogP contribution >= 0.6 is 7.82 Å². The van der Waals surface area contributed by atoms with E-state index in [4.69, 9.17) is 9.05 Å². The first-order valence-electron chi connectivity index (χ1n) is 16.3. The molecule has 0 aromatic rings. The molecule has 0 aromatic heterocycles. The normalized spacial score (nSPS) is 16.6. The highest BCUT2D eigenvalue weighted by Crippen LogP contribution is 2.44. The molecule has 38 heavy (non-hydrogen) atoms. The first-order chi connectivity index (χ1) is 18.5. The topological polar surface area (TPSA) is 76.1 Å². The van der Waals surface area contributed by atoms with Crippen LogP contribution in [0.5, 0.6) is 0 Å². The Kier molecular flexibility index (Phi) is 23.1. The number of rotatable bonds is 28. The van der Waals surface area contributed by atoms with E-state index in [1.54, 1.807) is 0 Å². The SMILES string of the molecule is CCCCCCCCCCCCCCCCCCCC(COP(=O)(O)OCCN1CCCC1)CC(=O)CC. The first-order valence-corrected chi connectivity index (χ1v) is 17.8. The standard InChI is InChI=1S/C31H62NO5P/c1-3-5-6-7-8-9-10-11-12-13-14-15-16-17-18-19-20-23-30(28-31(33)4-2)29-37-38(34,35)36-27-26-32-24-21-22-25-32/h30H,3-29H2,1-2H3,(H,34,35). The number of Topliss-reactive ketones (excluding diaryl/α,β-unsaturated/α-hetero) is 1. The van der Waals surface area contributed by atoms with E-state index in [0.717, 1.165) is 32.4 Å².